The quantitative estimate of drug-likeness (QED) is 0.285. The number of anilines is 2. The molecular weight excluding hydrogens is 569 g/mol. The van der Waals surface area contributed by atoms with E-state index in [1.807, 2.05) is 35.0 Å². The summed E-state index contributed by atoms with van der Waals surface area (Å²) in [5.41, 5.74) is 2.67. The number of fused-ring (bicyclic) bond motifs is 2. The zero-order chi connectivity index (χ0) is 29.2. The summed E-state index contributed by atoms with van der Waals surface area (Å²) in [7, 11) is 0. The van der Waals surface area contributed by atoms with E-state index in [0.717, 1.165) is 37.2 Å². The van der Waals surface area contributed by atoms with Crippen LogP contribution in [0.1, 0.15) is 16.9 Å². The molecule has 2 N–H and O–H groups in total. The molecule has 3 aromatic heterocycles. The minimum absolute atomic E-state index is 0.0649. The van der Waals surface area contributed by atoms with Crippen molar-refractivity contribution < 1.29 is 18.7 Å². The number of aromatic nitrogens is 4. The molecule has 0 unspecified atom stereocenters. The average molecular weight is 598 g/mol. The third-order valence-corrected chi connectivity index (χ3v) is 8.41. The molecule has 218 valence electrons. The highest BCUT2D eigenvalue weighted by Gasteiger charge is 2.28. The minimum Gasteiger partial charge on any atom is -0.445 e. The Morgan fingerprint density at radius 2 is 2.09 bits per heavy atom. The van der Waals surface area contributed by atoms with Crippen LogP contribution >= 0.6 is 11.3 Å². The SMILES string of the molecule is O=C(O[C@@H]1CN[C@@H](C#Cc2cc3c(Nc4ccc5c(cnn5Cc5cccc(F)c5)c4)ncnc3s2)C1)N1CCOCC1. The summed E-state index contributed by atoms with van der Waals surface area (Å²) in [6.07, 6.45) is 3.49. The van der Waals surface area contributed by atoms with Gasteiger partial charge in [0.2, 0.25) is 0 Å². The Hall–Kier alpha value is -4.57. The third-order valence-electron chi connectivity index (χ3n) is 7.45. The molecule has 0 radical (unpaired) electrons. The molecule has 5 heterocycles. The normalized spacial score (nSPS) is 18.5. The van der Waals surface area contributed by atoms with Crippen LogP contribution in [0.25, 0.3) is 21.1 Å². The lowest BCUT2D eigenvalue weighted by atomic mass is 10.2. The van der Waals surface area contributed by atoms with Gasteiger partial charge < -0.3 is 19.7 Å². The maximum Gasteiger partial charge on any atom is 0.410 e. The van der Waals surface area contributed by atoms with Crippen molar-refractivity contribution in [3.8, 4) is 11.8 Å². The first-order chi connectivity index (χ1) is 21.1. The lowest BCUT2D eigenvalue weighted by Crippen LogP contribution is -2.42. The predicted molar refractivity (Wildman–Crippen MR) is 162 cm³/mol. The second-order valence-corrected chi connectivity index (χ2v) is 11.5. The number of amides is 1. The smallest absolute Gasteiger partial charge is 0.410 e. The van der Waals surface area contributed by atoms with E-state index in [1.54, 1.807) is 23.5 Å². The second-order valence-electron chi connectivity index (χ2n) is 10.5. The van der Waals surface area contributed by atoms with Crippen molar-refractivity contribution in [2.45, 2.75) is 25.1 Å². The van der Waals surface area contributed by atoms with Crippen molar-refractivity contribution in [1.29, 1.82) is 0 Å². The number of carbonyl (C=O) groups excluding carboxylic acids is 1. The van der Waals surface area contributed by atoms with E-state index in [4.69, 9.17) is 9.47 Å². The molecule has 0 spiro atoms. The van der Waals surface area contributed by atoms with Crippen molar-refractivity contribution in [3.63, 3.8) is 0 Å². The van der Waals surface area contributed by atoms with E-state index >= 15 is 0 Å². The maximum absolute atomic E-state index is 13.6. The second kappa shape index (κ2) is 12.0. The number of hydrogen-bond donors (Lipinski definition) is 2. The van der Waals surface area contributed by atoms with Crippen molar-refractivity contribution in [2.75, 3.05) is 38.2 Å². The summed E-state index contributed by atoms with van der Waals surface area (Å²) in [6.45, 7) is 3.27. The van der Waals surface area contributed by atoms with Crippen LogP contribution in [0.3, 0.4) is 0 Å². The van der Waals surface area contributed by atoms with Gasteiger partial charge in [-0.25, -0.2) is 19.2 Å². The van der Waals surface area contributed by atoms with Gasteiger partial charge in [-0.2, -0.15) is 5.10 Å². The third kappa shape index (κ3) is 6.15. The summed E-state index contributed by atoms with van der Waals surface area (Å²) in [5, 5.41) is 13.1. The van der Waals surface area contributed by atoms with Crippen molar-refractivity contribution in [3.05, 3.63) is 77.3 Å². The Balaban J connectivity index is 1.02. The summed E-state index contributed by atoms with van der Waals surface area (Å²) in [5.74, 6) is 6.97. The Morgan fingerprint density at radius 3 is 2.98 bits per heavy atom. The maximum atomic E-state index is 13.6. The van der Waals surface area contributed by atoms with Gasteiger partial charge in [0.15, 0.2) is 0 Å². The number of rotatable bonds is 5. The average Bonchev–Trinajstić information content (AvgIpc) is 3.75. The van der Waals surface area contributed by atoms with Crippen LogP contribution < -0.4 is 10.6 Å². The molecule has 2 aromatic carbocycles. The number of benzene rings is 2. The largest absolute Gasteiger partial charge is 0.445 e. The summed E-state index contributed by atoms with van der Waals surface area (Å²) < 4.78 is 26.5. The van der Waals surface area contributed by atoms with Gasteiger partial charge in [0.1, 0.15) is 28.9 Å². The van der Waals surface area contributed by atoms with Crippen molar-refractivity contribution in [2.24, 2.45) is 0 Å². The monoisotopic (exact) mass is 597 g/mol. The molecule has 2 aliphatic rings. The molecule has 1 amide bonds. The first kappa shape index (κ1) is 27.3. The highest BCUT2D eigenvalue weighted by molar-refractivity contribution is 7.19. The highest BCUT2D eigenvalue weighted by Crippen LogP contribution is 2.30. The standard InChI is InChI=1S/C31H28FN7O3S/c32-22-3-1-2-20(12-22)18-39-28-7-5-24(13-21(28)16-36-39)37-29-27-15-26(43-30(27)35-19-34-29)6-4-23-14-25(17-33-23)42-31(40)38-8-10-41-11-9-38/h1-3,5,7,12-13,15-16,19,23,25,33H,8-11,14,17-18H2,(H,34,35,37)/t23-,25-/m0/s1. The molecule has 2 aliphatic heterocycles. The molecule has 12 heteroatoms. The summed E-state index contributed by atoms with van der Waals surface area (Å²) in [6, 6.07) is 14.5. The molecule has 2 saturated heterocycles. The number of morpholine rings is 1. The van der Waals surface area contributed by atoms with Gasteiger partial charge in [-0.1, -0.05) is 24.0 Å². The van der Waals surface area contributed by atoms with Crippen LogP contribution in [0.4, 0.5) is 20.7 Å². The summed E-state index contributed by atoms with van der Waals surface area (Å²) >= 11 is 1.51. The molecular formula is C31H28FN7O3S. The number of halogens is 1. The van der Waals surface area contributed by atoms with Gasteiger partial charge in [-0.15, -0.1) is 11.3 Å². The van der Waals surface area contributed by atoms with Gasteiger partial charge in [-0.3, -0.25) is 10.00 Å². The van der Waals surface area contributed by atoms with Crippen LogP contribution in [0.5, 0.6) is 0 Å². The lowest BCUT2D eigenvalue weighted by Gasteiger charge is -2.27. The van der Waals surface area contributed by atoms with E-state index in [-0.39, 0.29) is 24.1 Å². The Kier molecular flexibility index (Phi) is 7.59. The Bertz CT molecular complexity index is 1860. The molecule has 2 atom stereocenters. The lowest BCUT2D eigenvalue weighted by molar-refractivity contribution is 0.0156. The Morgan fingerprint density at radius 1 is 1.19 bits per heavy atom. The van der Waals surface area contributed by atoms with Gasteiger partial charge in [0.05, 0.1) is 47.8 Å². The zero-order valence-electron chi connectivity index (χ0n) is 23.1. The zero-order valence-corrected chi connectivity index (χ0v) is 23.9. The molecule has 5 aromatic rings. The number of carbonyl (C=O) groups is 1. The van der Waals surface area contributed by atoms with E-state index in [9.17, 15) is 9.18 Å². The predicted octanol–water partition coefficient (Wildman–Crippen LogP) is 4.52. The number of hydrogen-bond acceptors (Lipinski definition) is 9. The molecule has 0 saturated carbocycles. The molecule has 2 fully saturated rings. The van der Waals surface area contributed by atoms with Crippen LogP contribution in [-0.4, -0.2) is 75.7 Å². The van der Waals surface area contributed by atoms with E-state index in [1.165, 1.54) is 23.5 Å². The van der Waals surface area contributed by atoms with Crippen molar-refractivity contribution >= 4 is 50.1 Å². The molecule has 7 rings (SSSR count). The molecule has 0 bridgehead atoms. The van der Waals surface area contributed by atoms with Gasteiger partial charge in [0.25, 0.3) is 0 Å². The number of thiophene rings is 1. The minimum atomic E-state index is -0.288. The first-order valence-electron chi connectivity index (χ1n) is 14.1. The van der Waals surface area contributed by atoms with Gasteiger partial charge in [0, 0.05) is 37.1 Å². The van der Waals surface area contributed by atoms with E-state index < -0.39 is 0 Å². The van der Waals surface area contributed by atoms with Crippen LogP contribution in [-0.2, 0) is 16.0 Å². The van der Waals surface area contributed by atoms with E-state index in [2.05, 4.69) is 37.5 Å². The Labute approximate surface area is 250 Å². The number of nitrogens with one attached hydrogen (secondary N) is 2. The van der Waals surface area contributed by atoms with Crippen LogP contribution in [0.15, 0.2) is 61.1 Å². The van der Waals surface area contributed by atoms with Gasteiger partial charge >= 0.3 is 6.09 Å². The molecule has 0 aliphatic carbocycles. The molecule has 43 heavy (non-hydrogen) atoms. The van der Waals surface area contributed by atoms with Gasteiger partial charge in [-0.05, 0) is 42.0 Å². The van der Waals surface area contributed by atoms with Crippen molar-refractivity contribution in [1.82, 2.24) is 30.0 Å². The van der Waals surface area contributed by atoms with Crippen LogP contribution in [0, 0.1) is 17.7 Å². The summed E-state index contributed by atoms with van der Waals surface area (Å²) in [4.78, 5) is 24.7. The number of ether oxygens (including phenoxy) is 2. The van der Waals surface area contributed by atoms with Crippen LogP contribution in [0.2, 0.25) is 0 Å². The highest BCUT2D eigenvalue weighted by atomic mass is 32.1. The molecule has 10 nitrogen and oxygen atoms in total. The first-order valence-corrected chi connectivity index (χ1v) is 14.9. The van der Waals surface area contributed by atoms with E-state index in [0.29, 0.717) is 51.6 Å². The fourth-order valence-corrected chi connectivity index (χ4v) is 6.14. The fourth-order valence-electron chi connectivity index (χ4n) is 5.28. The fraction of sp³-hybridized carbons (Fsp3) is 0.290. The topological polar surface area (TPSA) is 106 Å². The number of nitrogens with zero attached hydrogens (tertiary/aromatic N) is 5.